The van der Waals surface area contributed by atoms with Gasteiger partial charge in [0.15, 0.2) is 5.82 Å². The number of benzene rings is 1. The van der Waals surface area contributed by atoms with Crippen molar-refractivity contribution in [1.29, 1.82) is 0 Å². The third kappa shape index (κ3) is 3.16. The monoisotopic (exact) mass is 285 g/mol. The van der Waals surface area contributed by atoms with E-state index in [-0.39, 0.29) is 0 Å². The van der Waals surface area contributed by atoms with Crippen molar-refractivity contribution >= 4 is 0 Å². The Morgan fingerprint density at radius 3 is 2.67 bits per heavy atom. The summed E-state index contributed by atoms with van der Waals surface area (Å²) in [4.78, 5) is 4.61. The van der Waals surface area contributed by atoms with Gasteiger partial charge < -0.3 is 10.3 Å². The smallest absolute Gasteiger partial charge is 0.230 e. The van der Waals surface area contributed by atoms with Gasteiger partial charge in [-0.25, -0.2) is 0 Å². The molecule has 1 fully saturated rings. The molecule has 21 heavy (non-hydrogen) atoms. The second-order valence-electron chi connectivity index (χ2n) is 6.25. The van der Waals surface area contributed by atoms with Crippen LogP contribution in [0.4, 0.5) is 0 Å². The van der Waals surface area contributed by atoms with E-state index >= 15 is 0 Å². The summed E-state index contributed by atoms with van der Waals surface area (Å²) in [6.45, 7) is 4.94. The minimum absolute atomic E-state index is 0.357. The van der Waals surface area contributed by atoms with Crippen molar-refractivity contribution in [2.24, 2.45) is 11.7 Å². The zero-order valence-electron chi connectivity index (χ0n) is 12.8. The van der Waals surface area contributed by atoms with E-state index in [4.69, 9.17) is 10.3 Å². The number of hydrogen-bond donors (Lipinski definition) is 1. The van der Waals surface area contributed by atoms with Crippen molar-refractivity contribution in [2.75, 3.05) is 6.54 Å². The van der Waals surface area contributed by atoms with Crippen LogP contribution in [-0.4, -0.2) is 16.7 Å². The van der Waals surface area contributed by atoms with Crippen LogP contribution in [0.3, 0.4) is 0 Å². The predicted octanol–water partition coefficient (Wildman–Crippen LogP) is 3.12. The molecule has 1 heterocycles. The molecule has 1 aromatic carbocycles. The van der Waals surface area contributed by atoms with Crippen LogP contribution in [-0.2, 0) is 6.42 Å². The highest BCUT2D eigenvalue weighted by Gasteiger charge is 2.31. The lowest BCUT2D eigenvalue weighted by Gasteiger charge is -2.12. The maximum absolute atomic E-state index is 5.84. The molecule has 4 nitrogen and oxygen atoms in total. The van der Waals surface area contributed by atoms with E-state index in [2.05, 4.69) is 42.2 Å². The van der Waals surface area contributed by atoms with Crippen LogP contribution in [0.2, 0.25) is 0 Å². The van der Waals surface area contributed by atoms with Crippen LogP contribution in [0.1, 0.15) is 53.6 Å². The normalized spacial score (nSPS) is 21.9. The lowest BCUT2D eigenvalue weighted by molar-refractivity contribution is 0.323. The van der Waals surface area contributed by atoms with E-state index in [1.54, 1.807) is 0 Å². The quantitative estimate of drug-likeness (QED) is 0.937. The molecule has 0 amide bonds. The number of rotatable bonds is 4. The van der Waals surface area contributed by atoms with Crippen LogP contribution in [0.15, 0.2) is 22.7 Å². The van der Waals surface area contributed by atoms with Gasteiger partial charge in [0.2, 0.25) is 5.89 Å². The number of nitrogens with zero attached hydrogens (tertiary/aromatic N) is 2. The van der Waals surface area contributed by atoms with Crippen LogP contribution in [0, 0.1) is 19.8 Å². The maximum Gasteiger partial charge on any atom is 0.230 e. The first-order chi connectivity index (χ1) is 10.2. The molecule has 0 bridgehead atoms. The lowest BCUT2D eigenvalue weighted by atomic mass is 9.96. The molecule has 3 rings (SSSR count). The molecule has 0 radical (unpaired) electrons. The molecular weight excluding hydrogens is 262 g/mol. The highest BCUT2D eigenvalue weighted by molar-refractivity contribution is 5.30. The molecule has 2 aromatic rings. The highest BCUT2D eigenvalue weighted by atomic mass is 16.5. The van der Waals surface area contributed by atoms with Crippen molar-refractivity contribution in [1.82, 2.24) is 10.1 Å². The van der Waals surface area contributed by atoms with Crippen LogP contribution in [0.25, 0.3) is 0 Å². The van der Waals surface area contributed by atoms with Gasteiger partial charge in [-0.2, -0.15) is 4.98 Å². The first kappa shape index (κ1) is 14.3. The number of aryl methyl sites for hydroxylation is 2. The summed E-state index contributed by atoms with van der Waals surface area (Å²) in [6.07, 6.45) is 4.23. The Kier molecular flexibility index (Phi) is 4.06. The summed E-state index contributed by atoms with van der Waals surface area (Å²) in [5, 5.41) is 4.16. The minimum atomic E-state index is 0.357. The Labute approximate surface area is 125 Å². The van der Waals surface area contributed by atoms with Gasteiger partial charge in [0.1, 0.15) is 0 Å². The van der Waals surface area contributed by atoms with Gasteiger partial charge in [0.05, 0.1) is 0 Å². The Morgan fingerprint density at radius 2 is 1.95 bits per heavy atom. The van der Waals surface area contributed by atoms with Gasteiger partial charge in [-0.3, -0.25) is 0 Å². The largest absolute Gasteiger partial charge is 0.339 e. The zero-order chi connectivity index (χ0) is 14.8. The molecule has 1 aliphatic rings. The van der Waals surface area contributed by atoms with Gasteiger partial charge in [-0.05, 0) is 44.7 Å². The summed E-state index contributed by atoms with van der Waals surface area (Å²) >= 11 is 0. The van der Waals surface area contributed by atoms with E-state index in [0.29, 0.717) is 18.4 Å². The summed E-state index contributed by atoms with van der Waals surface area (Å²) in [5.74, 6) is 2.41. The standard InChI is InChI=1S/C17H23N3O/c1-11-6-12(2)8-13(7-11)9-16-19-17(21-20-16)15-5-3-4-14(15)10-18/h6-8,14-15H,3-5,9-10,18H2,1-2H3. The average molecular weight is 285 g/mol. The third-order valence-corrected chi connectivity index (χ3v) is 4.41. The van der Waals surface area contributed by atoms with E-state index in [1.807, 2.05) is 0 Å². The van der Waals surface area contributed by atoms with Crippen molar-refractivity contribution < 1.29 is 4.52 Å². The molecule has 0 aliphatic heterocycles. The summed E-state index contributed by atoms with van der Waals surface area (Å²) in [7, 11) is 0. The Hall–Kier alpha value is -1.68. The fourth-order valence-corrected chi connectivity index (χ4v) is 3.49. The molecule has 1 saturated carbocycles. The lowest BCUT2D eigenvalue weighted by Crippen LogP contribution is -2.17. The molecule has 2 atom stereocenters. The van der Waals surface area contributed by atoms with Crippen molar-refractivity contribution in [2.45, 2.75) is 45.4 Å². The average Bonchev–Trinajstić information content (AvgIpc) is 3.05. The third-order valence-electron chi connectivity index (χ3n) is 4.41. The summed E-state index contributed by atoms with van der Waals surface area (Å²) in [6, 6.07) is 6.54. The highest BCUT2D eigenvalue weighted by Crippen LogP contribution is 2.38. The van der Waals surface area contributed by atoms with E-state index in [0.717, 1.165) is 24.6 Å². The number of hydrogen-bond acceptors (Lipinski definition) is 4. The second-order valence-corrected chi connectivity index (χ2v) is 6.25. The van der Waals surface area contributed by atoms with Gasteiger partial charge in [-0.15, -0.1) is 0 Å². The zero-order valence-corrected chi connectivity index (χ0v) is 12.8. The molecule has 1 aromatic heterocycles. The number of aromatic nitrogens is 2. The predicted molar refractivity (Wildman–Crippen MR) is 82.2 cm³/mol. The van der Waals surface area contributed by atoms with Gasteiger partial charge >= 0.3 is 0 Å². The molecular formula is C17H23N3O. The molecule has 2 N–H and O–H groups in total. The molecule has 2 unspecified atom stereocenters. The topological polar surface area (TPSA) is 64.9 Å². The van der Waals surface area contributed by atoms with Gasteiger partial charge in [0.25, 0.3) is 0 Å². The Bertz CT molecular complexity index is 600. The Morgan fingerprint density at radius 1 is 1.19 bits per heavy atom. The minimum Gasteiger partial charge on any atom is -0.339 e. The first-order valence-corrected chi connectivity index (χ1v) is 7.75. The van der Waals surface area contributed by atoms with Crippen molar-refractivity contribution in [3.05, 3.63) is 46.6 Å². The maximum atomic E-state index is 5.84. The summed E-state index contributed by atoms with van der Waals surface area (Å²) < 4.78 is 5.50. The van der Waals surface area contributed by atoms with E-state index in [1.165, 1.54) is 29.5 Å². The summed E-state index contributed by atoms with van der Waals surface area (Å²) in [5.41, 5.74) is 9.62. The first-order valence-electron chi connectivity index (χ1n) is 7.75. The second kappa shape index (κ2) is 5.98. The fourth-order valence-electron chi connectivity index (χ4n) is 3.49. The van der Waals surface area contributed by atoms with Crippen molar-refractivity contribution in [3.63, 3.8) is 0 Å². The van der Waals surface area contributed by atoms with Crippen molar-refractivity contribution in [3.8, 4) is 0 Å². The molecule has 4 heteroatoms. The Balaban J connectivity index is 1.76. The van der Waals surface area contributed by atoms with Gasteiger partial charge in [-0.1, -0.05) is 40.9 Å². The molecule has 112 valence electrons. The fraction of sp³-hybridized carbons (Fsp3) is 0.529. The SMILES string of the molecule is Cc1cc(C)cc(Cc2noc(C3CCCC3CN)n2)c1. The molecule has 0 saturated heterocycles. The van der Waals surface area contributed by atoms with Crippen LogP contribution in [0.5, 0.6) is 0 Å². The van der Waals surface area contributed by atoms with E-state index < -0.39 is 0 Å². The molecule has 1 aliphatic carbocycles. The van der Waals surface area contributed by atoms with Crippen LogP contribution >= 0.6 is 0 Å². The van der Waals surface area contributed by atoms with E-state index in [9.17, 15) is 0 Å². The number of nitrogens with two attached hydrogens (primary N) is 1. The van der Waals surface area contributed by atoms with Crippen LogP contribution < -0.4 is 5.73 Å². The molecule has 0 spiro atoms. The van der Waals surface area contributed by atoms with Gasteiger partial charge in [0, 0.05) is 12.3 Å².